The SMILES string of the molecule is C[C@H]1CN(c2cc(-c3n[nH]c4ccc(OC5(C)CC5)cc34)ncn2)CCN1CCOCCOc1ccc2c(c1)C(=O)N(C1CCC(=O)NC1=O)C2=O. The van der Waals surface area contributed by atoms with Gasteiger partial charge in [-0.05, 0) is 69.5 Å². The number of H-pyrrole nitrogens is 1. The molecule has 4 aromatic rings. The van der Waals surface area contributed by atoms with Gasteiger partial charge in [-0.25, -0.2) is 9.97 Å². The lowest BCUT2D eigenvalue weighted by atomic mass is 10.0. The highest BCUT2D eigenvalue weighted by atomic mass is 16.5. The molecule has 4 aliphatic rings. The molecule has 270 valence electrons. The maximum absolute atomic E-state index is 13.1. The lowest BCUT2D eigenvalue weighted by molar-refractivity contribution is -0.136. The summed E-state index contributed by atoms with van der Waals surface area (Å²) in [5.74, 6) is -0.0504. The predicted molar refractivity (Wildman–Crippen MR) is 188 cm³/mol. The molecule has 4 amide bonds. The van der Waals surface area contributed by atoms with Crippen molar-refractivity contribution >= 4 is 40.3 Å². The molecule has 3 fully saturated rings. The standard InChI is InChI=1S/C37H40N8O7/c1-22-20-44(31-19-29(38-21-39-31)33-27-18-24(52-37(2)9-10-37)4-6-28(27)41-42-33)12-11-43(22)13-14-50-15-16-51-23-3-5-25-26(17-23)36(49)45(35(25)48)30-7-8-32(46)40-34(30)47/h3-6,17-19,21-22,30H,7-16,20H2,1-2H3,(H,41,42)(H,40,46,47)/t22-,30?/m0/s1. The average molecular weight is 709 g/mol. The molecule has 0 spiro atoms. The van der Waals surface area contributed by atoms with E-state index in [0.29, 0.717) is 19.0 Å². The zero-order valence-electron chi connectivity index (χ0n) is 29.1. The summed E-state index contributed by atoms with van der Waals surface area (Å²) in [6, 6.07) is 11.9. The molecule has 0 bridgehead atoms. The summed E-state index contributed by atoms with van der Waals surface area (Å²) in [5.41, 5.74) is 2.78. The van der Waals surface area contributed by atoms with Gasteiger partial charge in [0.2, 0.25) is 11.8 Å². The molecule has 0 radical (unpaired) electrons. The molecule has 1 saturated carbocycles. The fourth-order valence-corrected chi connectivity index (χ4v) is 7.04. The first-order chi connectivity index (χ1) is 25.2. The quantitative estimate of drug-likeness (QED) is 0.163. The molecule has 2 atom stereocenters. The van der Waals surface area contributed by atoms with Gasteiger partial charge in [-0.1, -0.05) is 0 Å². The van der Waals surface area contributed by atoms with E-state index >= 15 is 0 Å². The van der Waals surface area contributed by atoms with Crippen molar-refractivity contribution in [1.29, 1.82) is 0 Å². The molecule has 2 saturated heterocycles. The fraction of sp³-hybridized carbons (Fsp3) is 0.432. The Hall–Kier alpha value is -5.41. The smallest absolute Gasteiger partial charge is 0.262 e. The number of amides is 4. The number of carbonyl (C=O) groups excluding carboxylic acids is 4. The molecule has 15 nitrogen and oxygen atoms in total. The summed E-state index contributed by atoms with van der Waals surface area (Å²) in [6.45, 7) is 8.69. The van der Waals surface area contributed by atoms with E-state index in [2.05, 4.69) is 49.1 Å². The van der Waals surface area contributed by atoms with Gasteiger partial charge in [-0.2, -0.15) is 5.10 Å². The molecule has 15 heteroatoms. The van der Waals surface area contributed by atoms with Gasteiger partial charge in [-0.15, -0.1) is 0 Å². The number of piperazine rings is 1. The van der Waals surface area contributed by atoms with E-state index in [1.165, 1.54) is 12.1 Å². The van der Waals surface area contributed by atoms with Crippen molar-refractivity contribution in [2.45, 2.75) is 57.2 Å². The molecule has 1 aliphatic carbocycles. The van der Waals surface area contributed by atoms with E-state index in [9.17, 15) is 19.2 Å². The third-order valence-electron chi connectivity index (χ3n) is 10.3. The van der Waals surface area contributed by atoms with Gasteiger partial charge in [0.15, 0.2) is 0 Å². The number of carbonyl (C=O) groups is 4. The number of imide groups is 2. The maximum atomic E-state index is 13.1. The number of hydrogen-bond acceptors (Lipinski definition) is 12. The Labute approximate surface area is 299 Å². The normalized spacial score (nSPS) is 21.4. The lowest BCUT2D eigenvalue weighted by Gasteiger charge is -2.40. The third-order valence-corrected chi connectivity index (χ3v) is 10.3. The molecular weight excluding hydrogens is 668 g/mol. The van der Waals surface area contributed by atoms with Crippen LogP contribution in [0.3, 0.4) is 0 Å². The third kappa shape index (κ3) is 6.68. The summed E-state index contributed by atoms with van der Waals surface area (Å²) in [6.07, 6.45) is 3.91. The first kappa shape index (κ1) is 33.7. The van der Waals surface area contributed by atoms with Gasteiger partial charge in [0.25, 0.3) is 11.8 Å². The molecule has 3 aliphatic heterocycles. The Balaban J connectivity index is 0.796. The molecular formula is C37H40N8O7. The number of ether oxygens (including phenoxy) is 3. The van der Waals surface area contributed by atoms with Crippen LogP contribution in [0.1, 0.15) is 60.2 Å². The number of nitrogens with one attached hydrogen (secondary N) is 2. The first-order valence-electron chi connectivity index (χ1n) is 17.7. The summed E-state index contributed by atoms with van der Waals surface area (Å²) < 4.78 is 17.9. The van der Waals surface area contributed by atoms with E-state index in [1.807, 2.05) is 24.3 Å². The van der Waals surface area contributed by atoms with E-state index < -0.39 is 29.7 Å². The van der Waals surface area contributed by atoms with E-state index in [1.54, 1.807) is 12.4 Å². The van der Waals surface area contributed by atoms with Gasteiger partial charge < -0.3 is 19.1 Å². The Bertz CT molecular complexity index is 2060. The van der Waals surface area contributed by atoms with Crippen LogP contribution < -0.4 is 19.7 Å². The number of benzene rings is 2. The topological polar surface area (TPSA) is 172 Å². The number of piperidine rings is 1. The summed E-state index contributed by atoms with van der Waals surface area (Å²) >= 11 is 0. The summed E-state index contributed by atoms with van der Waals surface area (Å²) in [4.78, 5) is 64.6. The van der Waals surface area contributed by atoms with E-state index in [0.717, 1.165) is 77.8 Å². The fourth-order valence-electron chi connectivity index (χ4n) is 7.04. The highest BCUT2D eigenvalue weighted by Gasteiger charge is 2.45. The Kier molecular flexibility index (Phi) is 8.83. The minimum absolute atomic E-state index is 0.0655. The van der Waals surface area contributed by atoms with Gasteiger partial charge in [0.05, 0.1) is 35.6 Å². The molecule has 52 heavy (non-hydrogen) atoms. The van der Waals surface area contributed by atoms with Crippen LogP contribution >= 0.6 is 0 Å². The van der Waals surface area contributed by atoms with Gasteiger partial charge in [0, 0.05) is 50.1 Å². The number of aromatic nitrogens is 4. The van der Waals surface area contributed by atoms with Crippen molar-refractivity contribution < 1.29 is 33.4 Å². The largest absolute Gasteiger partial charge is 0.491 e. The van der Waals surface area contributed by atoms with Crippen LogP contribution in [-0.2, 0) is 14.3 Å². The van der Waals surface area contributed by atoms with Crippen LogP contribution in [0.2, 0.25) is 0 Å². The average Bonchev–Trinajstić information content (AvgIpc) is 3.62. The van der Waals surface area contributed by atoms with E-state index in [-0.39, 0.29) is 42.2 Å². The van der Waals surface area contributed by atoms with Gasteiger partial charge >= 0.3 is 0 Å². The number of fused-ring (bicyclic) bond motifs is 2. The van der Waals surface area contributed by atoms with Crippen LogP contribution in [0.25, 0.3) is 22.3 Å². The molecule has 1 unspecified atom stereocenters. The summed E-state index contributed by atoms with van der Waals surface area (Å²) in [5, 5.41) is 10.9. The zero-order chi connectivity index (χ0) is 36.0. The van der Waals surface area contributed by atoms with Crippen molar-refractivity contribution in [3.8, 4) is 22.9 Å². The molecule has 2 aromatic heterocycles. The van der Waals surface area contributed by atoms with Crippen LogP contribution in [0.5, 0.6) is 11.5 Å². The second-order valence-corrected chi connectivity index (χ2v) is 14.0. The van der Waals surface area contributed by atoms with Crippen LogP contribution in [0, 0.1) is 0 Å². The Morgan fingerprint density at radius 1 is 0.923 bits per heavy atom. The highest BCUT2D eigenvalue weighted by Crippen LogP contribution is 2.40. The highest BCUT2D eigenvalue weighted by molar-refractivity contribution is 6.23. The van der Waals surface area contributed by atoms with Gasteiger partial charge in [-0.3, -0.25) is 39.4 Å². The minimum Gasteiger partial charge on any atom is -0.491 e. The molecule has 5 heterocycles. The predicted octanol–water partition coefficient (Wildman–Crippen LogP) is 2.96. The zero-order valence-corrected chi connectivity index (χ0v) is 29.1. The Morgan fingerprint density at radius 3 is 2.56 bits per heavy atom. The monoisotopic (exact) mass is 708 g/mol. The summed E-state index contributed by atoms with van der Waals surface area (Å²) in [7, 11) is 0. The first-order valence-corrected chi connectivity index (χ1v) is 17.7. The second-order valence-electron chi connectivity index (χ2n) is 14.0. The van der Waals surface area contributed by atoms with Crippen LogP contribution in [0.4, 0.5) is 5.82 Å². The number of rotatable bonds is 12. The van der Waals surface area contributed by atoms with Crippen molar-refractivity contribution in [1.82, 2.24) is 35.3 Å². The van der Waals surface area contributed by atoms with Crippen molar-refractivity contribution in [2.24, 2.45) is 0 Å². The van der Waals surface area contributed by atoms with Crippen LogP contribution in [0.15, 0.2) is 48.8 Å². The number of hydrogen-bond donors (Lipinski definition) is 2. The van der Waals surface area contributed by atoms with E-state index in [4.69, 9.17) is 14.2 Å². The van der Waals surface area contributed by atoms with Crippen molar-refractivity contribution in [3.63, 3.8) is 0 Å². The molecule has 8 rings (SSSR count). The lowest BCUT2D eigenvalue weighted by Crippen LogP contribution is -2.54. The maximum Gasteiger partial charge on any atom is 0.262 e. The number of anilines is 1. The second kappa shape index (κ2) is 13.6. The number of nitrogens with zero attached hydrogens (tertiary/aromatic N) is 6. The van der Waals surface area contributed by atoms with Crippen LogP contribution in [-0.4, -0.2) is 117 Å². The van der Waals surface area contributed by atoms with Crippen molar-refractivity contribution in [2.75, 3.05) is 50.9 Å². The molecule has 2 N–H and O–H groups in total. The van der Waals surface area contributed by atoms with Crippen molar-refractivity contribution in [3.05, 3.63) is 59.9 Å². The minimum atomic E-state index is -1.01. The Morgan fingerprint density at radius 2 is 1.75 bits per heavy atom. The number of aromatic amines is 1. The van der Waals surface area contributed by atoms with Gasteiger partial charge in [0.1, 0.15) is 47.6 Å². The molecule has 2 aromatic carbocycles.